The molecule has 2 aromatic rings. The summed E-state index contributed by atoms with van der Waals surface area (Å²) in [5.74, 6) is -0.211. The number of nitrogens with one attached hydrogen (secondary N) is 2. The first-order chi connectivity index (χ1) is 14.9. The molecule has 9 heteroatoms. The second kappa shape index (κ2) is 8.44. The minimum absolute atomic E-state index is 0.0269. The van der Waals surface area contributed by atoms with E-state index in [1.807, 2.05) is 18.9 Å². The van der Waals surface area contributed by atoms with Crippen LogP contribution in [0.25, 0.3) is 10.9 Å². The summed E-state index contributed by atoms with van der Waals surface area (Å²) in [5.41, 5.74) is -0.421. The van der Waals surface area contributed by atoms with Gasteiger partial charge in [-0.2, -0.15) is 5.26 Å². The third kappa shape index (κ3) is 3.75. The summed E-state index contributed by atoms with van der Waals surface area (Å²) < 4.78 is 23.0. The quantitative estimate of drug-likeness (QED) is 0.698. The predicted molar refractivity (Wildman–Crippen MR) is 115 cm³/mol. The van der Waals surface area contributed by atoms with E-state index in [4.69, 9.17) is 4.74 Å². The number of ether oxygens (including phenoxy) is 1. The molecule has 0 radical (unpaired) electrons. The molecule has 0 spiro atoms. The van der Waals surface area contributed by atoms with Crippen LogP contribution in [0.3, 0.4) is 0 Å². The largest absolute Gasteiger partial charge is 0.494 e. The van der Waals surface area contributed by atoms with Crippen LogP contribution >= 0.6 is 0 Å². The Morgan fingerprint density at radius 2 is 2.13 bits per heavy atom. The van der Waals surface area contributed by atoms with Crippen LogP contribution in [0, 0.1) is 23.1 Å². The fraction of sp³-hybridized carbons (Fsp3) is 0.591. The van der Waals surface area contributed by atoms with Crippen molar-refractivity contribution >= 4 is 10.9 Å². The van der Waals surface area contributed by atoms with Gasteiger partial charge >= 0.3 is 5.69 Å². The molecular formula is C22H28FN5O3. The van der Waals surface area contributed by atoms with Crippen molar-refractivity contribution in [2.24, 2.45) is 5.92 Å². The van der Waals surface area contributed by atoms with E-state index >= 15 is 4.39 Å². The number of fused-ring (bicyclic) bond motifs is 1. The van der Waals surface area contributed by atoms with Crippen molar-refractivity contribution in [2.75, 3.05) is 27.2 Å². The van der Waals surface area contributed by atoms with Gasteiger partial charge in [-0.15, -0.1) is 0 Å². The molecule has 31 heavy (non-hydrogen) atoms. The molecule has 0 bridgehead atoms. The number of halogens is 1. The molecule has 1 saturated heterocycles. The van der Waals surface area contributed by atoms with Gasteiger partial charge in [-0.3, -0.25) is 19.2 Å². The number of aromatic nitrogens is 2. The van der Waals surface area contributed by atoms with Gasteiger partial charge < -0.3 is 10.1 Å². The maximum absolute atomic E-state index is 15.7. The summed E-state index contributed by atoms with van der Waals surface area (Å²) in [4.78, 5) is 29.5. The molecule has 3 unspecified atom stereocenters. The van der Waals surface area contributed by atoms with E-state index in [1.165, 1.54) is 13.2 Å². The van der Waals surface area contributed by atoms with Crippen molar-refractivity contribution in [1.82, 2.24) is 19.8 Å². The second-order valence-corrected chi connectivity index (χ2v) is 8.64. The number of H-pyrrole nitrogens is 1. The van der Waals surface area contributed by atoms with Gasteiger partial charge in [0.2, 0.25) is 0 Å². The van der Waals surface area contributed by atoms with Gasteiger partial charge in [-0.05, 0) is 58.3 Å². The van der Waals surface area contributed by atoms with Gasteiger partial charge in [0.1, 0.15) is 11.3 Å². The highest BCUT2D eigenvalue weighted by atomic mass is 19.1. The number of aromatic amines is 1. The zero-order valence-corrected chi connectivity index (χ0v) is 18.1. The molecule has 3 atom stereocenters. The highest BCUT2D eigenvalue weighted by Gasteiger charge is 2.38. The molecule has 2 fully saturated rings. The summed E-state index contributed by atoms with van der Waals surface area (Å²) in [6.45, 7) is 3.47. The number of nitriles is 1. The van der Waals surface area contributed by atoms with E-state index in [1.54, 1.807) is 4.57 Å². The van der Waals surface area contributed by atoms with E-state index in [9.17, 15) is 14.9 Å². The number of hydrogen-bond donors (Lipinski definition) is 2. The van der Waals surface area contributed by atoms with Crippen LogP contribution < -0.4 is 21.3 Å². The summed E-state index contributed by atoms with van der Waals surface area (Å²) in [5, 5.41) is 12.6. The Labute approximate surface area is 179 Å². The lowest BCUT2D eigenvalue weighted by molar-refractivity contribution is 0.133. The summed E-state index contributed by atoms with van der Waals surface area (Å²) in [7, 11) is 3.34. The third-order valence-corrected chi connectivity index (χ3v) is 6.65. The standard InChI is InChI=1S/C22H28FN5O3/c1-12(6-8-24)27(2)18(13-7-9-25-11-13)17-16(23)10-15-19(20(17)31-3)28(14-4-5-14)22(30)26-21(15)29/h10,12-14,18,25H,4-7,9,11H2,1-3H3,(H,26,29,30). The van der Waals surface area contributed by atoms with Crippen LogP contribution in [0.2, 0.25) is 0 Å². The van der Waals surface area contributed by atoms with E-state index in [-0.39, 0.29) is 35.2 Å². The molecule has 2 N–H and O–H groups in total. The fourth-order valence-electron chi connectivity index (χ4n) is 4.80. The van der Waals surface area contributed by atoms with Crippen LogP contribution in [0.1, 0.15) is 50.3 Å². The number of rotatable bonds is 7. The Hall–Kier alpha value is -2.70. The van der Waals surface area contributed by atoms with Crippen LogP contribution in [-0.2, 0) is 0 Å². The van der Waals surface area contributed by atoms with Crippen molar-refractivity contribution in [2.45, 2.75) is 50.7 Å². The molecule has 2 heterocycles. The van der Waals surface area contributed by atoms with Crippen molar-refractivity contribution in [3.05, 3.63) is 38.3 Å². The molecule has 1 aromatic carbocycles. The fourth-order valence-corrected chi connectivity index (χ4v) is 4.80. The van der Waals surface area contributed by atoms with Crippen molar-refractivity contribution in [3.8, 4) is 11.8 Å². The van der Waals surface area contributed by atoms with Crippen LogP contribution in [0.15, 0.2) is 15.7 Å². The second-order valence-electron chi connectivity index (χ2n) is 8.64. The number of methoxy groups -OCH3 is 1. The lowest BCUT2D eigenvalue weighted by Gasteiger charge is -2.37. The van der Waals surface area contributed by atoms with E-state index < -0.39 is 17.1 Å². The highest BCUT2D eigenvalue weighted by molar-refractivity contribution is 5.86. The summed E-state index contributed by atoms with van der Waals surface area (Å²) in [6, 6.07) is 2.90. The Kier molecular flexibility index (Phi) is 5.86. The molecule has 0 amide bonds. The molecule has 4 rings (SSSR count). The SMILES string of the molecule is COc1c(C(C2CCNC2)N(C)C(C)CC#N)c(F)cc2c(=O)[nH]c(=O)n(C3CC3)c12. The van der Waals surface area contributed by atoms with Gasteiger partial charge in [-0.25, -0.2) is 9.18 Å². The van der Waals surface area contributed by atoms with Crippen molar-refractivity contribution < 1.29 is 9.13 Å². The number of nitrogens with zero attached hydrogens (tertiary/aromatic N) is 3. The average molecular weight is 429 g/mol. The Morgan fingerprint density at radius 3 is 2.71 bits per heavy atom. The molecule has 1 aliphatic carbocycles. The van der Waals surface area contributed by atoms with Gasteiger partial charge in [0.15, 0.2) is 5.75 Å². The van der Waals surface area contributed by atoms with E-state index in [0.717, 1.165) is 25.8 Å². The van der Waals surface area contributed by atoms with Crippen molar-refractivity contribution in [3.63, 3.8) is 0 Å². The van der Waals surface area contributed by atoms with Crippen LogP contribution in [-0.4, -0.2) is 47.7 Å². The van der Waals surface area contributed by atoms with Crippen LogP contribution in [0.4, 0.5) is 4.39 Å². The molecule has 2 aliphatic rings. The topological polar surface area (TPSA) is 103 Å². The lowest BCUT2D eigenvalue weighted by Crippen LogP contribution is -2.39. The van der Waals surface area contributed by atoms with Gasteiger partial charge in [-0.1, -0.05) is 0 Å². The predicted octanol–water partition coefficient (Wildman–Crippen LogP) is 2.06. The normalized spacial score (nSPS) is 20.7. The number of benzene rings is 1. The monoisotopic (exact) mass is 429 g/mol. The van der Waals surface area contributed by atoms with Crippen molar-refractivity contribution in [1.29, 1.82) is 5.26 Å². The zero-order chi connectivity index (χ0) is 22.3. The minimum Gasteiger partial charge on any atom is -0.494 e. The Bertz CT molecular complexity index is 1140. The third-order valence-electron chi connectivity index (χ3n) is 6.65. The van der Waals surface area contributed by atoms with Gasteiger partial charge in [0.25, 0.3) is 5.56 Å². The van der Waals surface area contributed by atoms with Gasteiger partial charge in [0.05, 0.1) is 25.0 Å². The Balaban J connectivity index is 2.01. The maximum atomic E-state index is 15.7. The summed E-state index contributed by atoms with van der Waals surface area (Å²) >= 11 is 0. The molecule has 8 nitrogen and oxygen atoms in total. The zero-order valence-electron chi connectivity index (χ0n) is 18.1. The minimum atomic E-state index is -0.620. The first-order valence-corrected chi connectivity index (χ1v) is 10.7. The van der Waals surface area contributed by atoms with Crippen LogP contribution in [0.5, 0.6) is 5.75 Å². The highest BCUT2D eigenvalue weighted by Crippen LogP contribution is 2.44. The first kappa shape index (κ1) is 21.5. The lowest BCUT2D eigenvalue weighted by atomic mass is 9.88. The number of hydrogen-bond acceptors (Lipinski definition) is 6. The smallest absolute Gasteiger partial charge is 0.329 e. The Morgan fingerprint density at radius 1 is 1.39 bits per heavy atom. The molecule has 1 aromatic heterocycles. The molecule has 1 aliphatic heterocycles. The summed E-state index contributed by atoms with van der Waals surface area (Å²) in [6.07, 6.45) is 2.80. The first-order valence-electron chi connectivity index (χ1n) is 10.7. The van der Waals surface area contributed by atoms with Gasteiger partial charge in [0, 0.05) is 23.7 Å². The molecule has 1 saturated carbocycles. The van der Waals surface area contributed by atoms with E-state index in [0.29, 0.717) is 24.0 Å². The molecule has 166 valence electrons. The molecular weight excluding hydrogens is 401 g/mol. The maximum Gasteiger partial charge on any atom is 0.329 e. The van der Waals surface area contributed by atoms with E-state index in [2.05, 4.69) is 16.4 Å². The average Bonchev–Trinajstić information content (AvgIpc) is 3.42.